The number of aliphatic imine (C=N–C) groups is 1. The summed E-state index contributed by atoms with van der Waals surface area (Å²) in [6.45, 7) is 14.6. The van der Waals surface area contributed by atoms with Gasteiger partial charge in [-0.2, -0.15) is 5.10 Å². The lowest BCUT2D eigenvalue weighted by Crippen LogP contribution is -2.62. The molecule has 0 bridgehead atoms. The first kappa shape index (κ1) is 42.4. The van der Waals surface area contributed by atoms with E-state index in [4.69, 9.17) is 21.3 Å². The van der Waals surface area contributed by atoms with Crippen molar-refractivity contribution in [3.05, 3.63) is 80.2 Å². The lowest BCUT2D eigenvalue weighted by atomic mass is 9.89. The monoisotopic (exact) mass is 816 g/mol. The van der Waals surface area contributed by atoms with Crippen LogP contribution in [0.25, 0.3) is 0 Å². The zero-order valence-electron chi connectivity index (χ0n) is 32.5. The number of fused-ring (bicyclic) bond motifs is 2. The third-order valence-corrected chi connectivity index (χ3v) is 11.3. The summed E-state index contributed by atoms with van der Waals surface area (Å²) in [6.07, 6.45) is 1.39. The zero-order chi connectivity index (χ0) is 41.4. The molecule has 0 aliphatic carbocycles. The van der Waals surface area contributed by atoms with Crippen molar-refractivity contribution < 1.29 is 33.5 Å². The van der Waals surface area contributed by atoms with Crippen molar-refractivity contribution >= 4 is 81.6 Å². The normalized spacial score (nSPS) is 17.7. The number of amides is 6. The molecular formula is C40H45ClN8O7S. The third-order valence-electron chi connectivity index (χ3n) is 9.78. The van der Waals surface area contributed by atoms with Crippen LogP contribution in [0.15, 0.2) is 57.7 Å². The van der Waals surface area contributed by atoms with Crippen molar-refractivity contribution in [1.29, 1.82) is 0 Å². The molecule has 15 nitrogen and oxygen atoms in total. The Morgan fingerprint density at radius 2 is 1.72 bits per heavy atom. The van der Waals surface area contributed by atoms with Gasteiger partial charge in [-0.05, 0) is 76.8 Å². The van der Waals surface area contributed by atoms with Gasteiger partial charge in [0.2, 0.25) is 11.8 Å². The van der Waals surface area contributed by atoms with E-state index in [1.807, 2.05) is 31.2 Å². The maximum atomic E-state index is 13.2. The number of benzene rings is 2. The predicted molar refractivity (Wildman–Crippen MR) is 220 cm³/mol. The Labute approximate surface area is 339 Å². The molecule has 3 N–H and O–H groups in total. The van der Waals surface area contributed by atoms with Gasteiger partial charge >= 0.3 is 0 Å². The molecule has 1 fully saturated rings. The first-order valence-corrected chi connectivity index (χ1v) is 19.6. The fraction of sp³-hybridized carbons (Fsp3) is 0.375. The summed E-state index contributed by atoms with van der Waals surface area (Å²) in [5, 5.41) is 17.2. The van der Waals surface area contributed by atoms with Crippen LogP contribution in [-0.2, 0) is 19.2 Å². The number of thiophene rings is 1. The lowest BCUT2D eigenvalue weighted by molar-refractivity contribution is -0.141. The fourth-order valence-electron chi connectivity index (χ4n) is 6.60. The van der Waals surface area contributed by atoms with Crippen LogP contribution in [0.3, 0.4) is 0 Å². The Balaban J connectivity index is 0.000000228. The van der Waals surface area contributed by atoms with Crippen LogP contribution in [0.2, 0.25) is 5.02 Å². The number of amidine groups is 1. The molecule has 6 amide bonds. The average molecular weight is 817 g/mol. The summed E-state index contributed by atoms with van der Waals surface area (Å²) < 4.78 is 5.53. The van der Waals surface area contributed by atoms with Crippen LogP contribution in [-0.4, -0.2) is 96.9 Å². The largest absolute Gasteiger partial charge is 0.483 e. The molecule has 6 rings (SSSR count). The molecule has 0 spiro atoms. The van der Waals surface area contributed by atoms with Gasteiger partial charge in [-0.25, -0.2) is 0 Å². The molecule has 1 aromatic heterocycles. The van der Waals surface area contributed by atoms with Crippen molar-refractivity contribution in [2.75, 3.05) is 37.7 Å². The minimum Gasteiger partial charge on any atom is -0.483 e. The van der Waals surface area contributed by atoms with Gasteiger partial charge in [0.05, 0.1) is 23.4 Å². The number of nitrogens with one attached hydrogen (secondary N) is 3. The van der Waals surface area contributed by atoms with E-state index >= 15 is 0 Å². The van der Waals surface area contributed by atoms with Crippen LogP contribution in [0.4, 0.5) is 5.00 Å². The summed E-state index contributed by atoms with van der Waals surface area (Å²) in [5.41, 5.74) is 3.09. The molecule has 4 heterocycles. The summed E-state index contributed by atoms with van der Waals surface area (Å²) in [6, 6.07) is 12.3. The van der Waals surface area contributed by atoms with Crippen LogP contribution < -0.4 is 25.6 Å². The Kier molecular flexibility index (Phi) is 13.7. The topological polar surface area (TPSA) is 191 Å². The molecule has 3 aromatic rings. The van der Waals surface area contributed by atoms with E-state index in [1.165, 1.54) is 53.1 Å². The number of carbonyl (C=O) groups is 6. The van der Waals surface area contributed by atoms with Crippen LogP contribution >= 0.6 is 22.9 Å². The summed E-state index contributed by atoms with van der Waals surface area (Å²) in [7, 11) is 0. The minimum atomic E-state index is -1.51. The number of unbranched alkanes of at least 4 members (excludes halogenated alkanes) is 1. The van der Waals surface area contributed by atoms with Crippen LogP contribution in [0.1, 0.15) is 88.7 Å². The first-order valence-electron chi connectivity index (χ1n) is 18.4. The van der Waals surface area contributed by atoms with Gasteiger partial charge in [0.15, 0.2) is 6.61 Å². The number of aryl methyl sites for hydroxylation is 1. The molecule has 0 saturated carbocycles. The smallest absolute Gasteiger partial charge is 0.266 e. The van der Waals surface area contributed by atoms with Crippen LogP contribution in [0.5, 0.6) is 5.75 Å². The maximum absolute atomic E-state index is 13.2. The number of hydrogen-bond donors (Lipinski definition) is 3. The molecule has 3 aliphatic rings. The minimum absolute atomic E-state index is 0.00396. The van der Waals surface area contributed by atoms with E-state index in [0.29, 0.717) is 32.5 Å². The number of piperidine rings is 1. The summed E-state index contributed by atoms with van der Waals surface area (Å²) in [5.74, 6) is -2.16. The van der Waals surface area contributed by atoms with Crippen molar-refractivity contribution in [3.63, 3.8) is 0 Å². The van der Waals surface area contributed by atoms with Crippen molar-refractivity contribution in [3.8, 4) is 5.75 Å². The number of hydrogen-bond acceptors (Lipinski definition) is 11. The second-order valence-corrected chi connectivity index (χ2v) is 15.4. The first-order chi connectivity index (χ1) is 27.2. The van der Waals surface area contributed by atoms with Gasteiger partial charge in [-0.3, -0.25) is 44.0 Å². The van der Waals surface area contributed by atoms with Gasteiger partial charge in [0, 0.05) is 60.7 Å². The predicted octanol–water partition coefficient (Wildman–Crippen LogP) is 4.60. The average Bonchev–Trinajstić information content (AvgIpc) is 3.52. The molecule has 0 radical (unpaired) electrons. The summed E-state index contributed by atoms with van der Waals surface area (Å²) in [4.78, 5) is 82.2. The number of anilines is 1. The van der Waals surface area contributed by atoms with Crippen molar-refractivity contribution in [2.24, 2.45) is 15.2 Å². The Hall–Kier alpha value is -5.74. The molecule has 3 aliphatic heterocycles. The molecule has 1 unspecified atom stereocenters. The van der Waals surface area contributed by atoms with E-state index < -0.39 is 35.1 Å². The van der Waals surface area contributed by atoms with Crippen molar-refractivity contribution in [1.82, 2.24) is 20.9 Å². The molecule has 300 valence electrons. The van der Waals surface area contributed by atoms with E-state index in [-0.39, 0.29) is 42.2 Å². The number of imide groups is 2. The number of nitrogens with zero attached hydrogens (tertiary/aromatic N) is 5. The standard InChI is InChI=1S/C22H26N4O7.C18H19ClN4S/c1-13(27)23-10-3-4-11-24-17(29)12-33-15-7-5-6-14-18(15)20(31)26(19(14)30)22(2)9-8-16(28)25-21(22)32;1-11-12(2)24-18-16(11)17(14-5-7-15(19)8-6-14)21-9-10-23(18)13(3)22-20-4/h5-7H,3-4,8-12H2,1-2H3,(H,23,27)(H,24,29)(H,25,28,32);5-8H,4,9-10H2,1-3H3/b;22-13-. The molecular weight excluding hydrogens is 772 g/mol. The highest BCUT2D eigenvalue weighted by molar-refractivity contribution is 7.17. The molecule has 2 aromatic carbocycles. The van der Waals surface area contributed by atoms with Crippen molar-refractivity contribution in [2.45, 2.75) is 65.8 Å². The number of carbonyl (C=O) groups excluding carboxylic acids is 6. The zero-order valence-corrected chi connectivity index (χ0v) is 34.1. The van der Waals surface area contributed by atoms with E-state index in [9.17, 15) is 28.8 Å². The quantitative estimate of drug-likeness (QED) is 0.0823. The number of rotatable bonds is 11. The van der Waals surface area contributed by atoms with Gasteiger partial charge in [-0.1, -0.05) is 29.8 Å². The second kappa shape index (κ2) is 18.5. The Morgan fingerprint density at radius 3 is 2.39 bits per heavy atom. The van der Waals surface area contributed by atoms with Crippen LogP contribution in [0, 0.1) is 13.8 Å². The second-order valence-electron chi connectivity index (χ2n) is 13.7. The number of halogens is 1. The van der Waals surface area contributed by atoms with Gasteiger partial charge in [-0.15, -0.1) is 16.4 Å². The molecule has 1 saturated heterocycles. The highest BCUT2D eigenvalue weighted by Crippen LogP contribution is 2.40. The Bertz CT molecular complexity index is 2170. The fourth-order valence-corrected chi connectivity index (χ4v) is 7.95. The van der Waals surface area contributed by atoms with Gasteiger partial charge in [0.1, 0.15) is 22.1 Å². The Morgan fingerprint density at radius 1 is 1.02 bits per heavy atom. The van der Waals surface area contributed by atoms with E-state index in [0.717, 1.165) is 33.6 Å². The number of ether oxygens (including phenoxy) is 1. The molecule has 1 atom stereocenters. The van der Waals surface area contributed by atoms with E-state index in [1.54, 1.807) is 11.3 Å². The highest BCUT2D eigenvalue weighted by Gasteiger charge is 2.53. The van der Waals surface area contributed by atoms with Gasteiger partial charge in [0.25, 0.3) is 23.6 Å². The van der Waals surface area contributed by atoms with E-state index in [2.05, 4.69) is 51.6 Å². The lowest BCUT2D eigenvalue weighted by Gasteiger charge is -2.38. The highest BCUT2D eigenvalue weighted by atomic mass is 35.5. The SMILES string of the molecule is C=N/N=C(/C)N1CCN=C(c2ccc(Cl)cc2)c2c1sc(C)c2C.CC(=O)NCCCCNC(=O)COc1cccc2c1C(=O)N(C1(C)CCC(=O)NC1=O)C2=O. The molecule has 57 heavy (non-hydrogen) atoms. The van der Waals surface area contributed by atoms with Gasteiger partial charge < -0.3 is 20.3 Å². The third kappa shape index (κ3) is 9.46. The molecule has 17 heteroatoms. The summed E-state index contributed by atoms with van der Waals surface area (Å²) >= 11 is 7.81. The maximum Gasteiger partial charge on any atom is 0.266 e.